The van der Waals surface area contributed by atoms with Crippen molar-refractivity contribution < 1.29 is 9.26 Å². The summed E-state index contributed by atoms with van der Waals surface area (Å²) in [5.41, 5.74) is 7.14. The van der Waals surface area contributed by atoms with Gasteiger partial charge in [0.05, 0.1) is 18.7 Å². The smallest absolute Gasteiger partial charge is 0.258 e. The fourth-order valence-corrected chi connectivity index (χ4v) is 4.65. The molecular weight excluding hydrogens is 456 g/mol. The van der Waals surface area contributed by atoms with Gasteiger partial charge in [0.1, 0.15) is 5.75 Å². The highest BCUT2D eigenvalue weighted by Gasteiger charge is 2.35. The lowest BCUT2D eigenvalue weighted by molar-refractivity contribution is 0.404. The summed E-state index contributed by atoms with van der Waals surface area (Å²) in [6, 6.07) is 23.8. The van der Waals surface area contributed by atoms with Gasteiger partial charge in [-0.3, -0.25) is 4.90 Å². The van der Waals surface area contributed by atoms with E-state index in [0.717, 1.165) is 33.8 Å². The van der Waals surface area contributed by atoms with E-state index in [2.05, 4.69) is 42.5 Å². The number of aryl methyl sites for hydroxylation is 2. The van der Waals surface area contributed by atoms with E-state index in [1.807, 2.05) is 66.4 Å². The van der Waals surface area contributed by atoms with Gasteiger partial charge < -0.3 is 14.6 Å². The molecule has 6 nitrogen and oxygen atoms in total. The summed E-state index contributed by atoms with van der Waals surface area (Å²) in [5, 5.41) is 8.40. The van der Waals surface area contributed by atoms with Crippen molar-refractivity contribution >= 4 is 28.6 Å². The number of thiocarbonyl (C=S) groups is 1. The van der Waals surface area contributed by atoms with Gasteiger partial charge in [-0.25, -0.2) is 0 Å². The zero-order chi connectivity index (χ0) is 24.5. The van der Waals surface area contributed by atoms with Crippen LogP contribution in [-0.4, -0.2) is 22.4 Å². The minimum Gasteiger partial charge on any atom is -0.497 e. The van der Waals surface area contributed by atoms with E-state index >= 15 is 0 Å². The fraction of sp³-hybridized carbons (Fsp3) is 0.179. The second-order valence-corrected chi connectivity index (χ2v) is 8.93. The Morgan fingerprint density at radius 3 is 2.37 bits per heavy atom. The van der Waals surface area contributed by atoms with E-state index in [0.29, 0.717) is 16.8 Å². The van der Waals surface area contributed by atoms with Crippen molar-refractivity contribution in [2.45, 2.75) is 26.8 Å². The molecule has 0 spiro atoms. The van der Waals surface area contributed by atoms with Gasteiger partial charge in [0.15, 0.2) is 5.11 Å². The van der Waals surface area contributed by atoms with E-state index in [9.17, 15) is 0 Å². The number of benzene rings is 3. The van der Waals surface area contributed by atoms with Crippen molar-refractivity contribution in [3.05, 3.63) is 101 Å². The summed E-state index contributed by atoms with van der Waals surface area (Å²) in [6.45, 7) is 6.25. The first-order valence-corrected chi connectivity index (χ1v) is 11.8. The monoisotopic (exact) mass is 482 g/mol. The van der Waals surface area contributed by atoms with Crippen molar-refractivity contribution in [2.24, 2.45) is 0 Å². The molecule has 35 heavy (non-hydrogen) atoms. The van der Waals surface area contributed by atoms with Crippen LogP contribution in [0.3, 0.4) is 0 Å². The Morgan fingerprint density at radius 2 is 1.69 bits per heavy atom. The highest BCUT2D eigenvalue weighted by molar-refractivity contribution is 7.80. The highest BCUT2D eigenvalue weighted by atomic mass is 32.1. The lowest BCUT2D eigenvalue weighted by Gasteiger charge is -2.37. The first kappa shape index (κ1) is 22.8. The number of methoxy groups -OCH3 is 1. The predicted molar refractivity (Wildman–Crippen MR) is 142 cm³/mol. The van der Waals surface area contributed by atoms with Crippen LogP contribution < -0.4 is 15.0 Å². The standard InChI is InChI=1S/C28H26N4O2S/c1-17-10-11-21(16-18(17)2)25-24(27-30-26(31-34-27)20-8-6-5-7-9-20)19(3)32(28(35)29-25)22-12-14-23(33-4)15-13-22/h5-16,25H,1-4H3,(H,29,35). The first-order chi connectivity index (χ1) is 17.0. The molecule has 1 atom stereocenters. The Labute approximate surface area is 210 Å². The molecule has 0 saturated carbocycles. The van der Waals surface area contributed by atoms with Gasteiger partial charge in [-0.15, -0.1) is 0 Å². The Hall–Kier alpha value is -3.97. The summed E-state index contributed by atoms with van der Waals surface area (Å²) < 4.78 is 11.2. The molecule has 5 rings (SSSR count). The van der Waals surface area contributed by atoms with E-state index in [1.54, 1.807) is 7.11 Å². The molecule has 176 valence electrons. The molecule has 1 aliphatic rings. The highest BCUT2D eigenvalue weighted by Crippen LogP contribution is 2.39. The van der Waals surface area contributed by atoms with Crippen molar-refractivity contribution in [3.8, 4) is 17.1 Å². The van der Waals surface area contributed by atoms with E-state index in [1.165, 1.54) is 11.1 Å². The van der Waals surface area contributed by atoms with Crippen molar-refractivity contribution in [2.75, 3.05) is 12.0 Å². The van der Waals surface area contributed by atoms with Crippen LogP contribution in [0, 0.1) is 13.8 Å². The number of nitrogens with one attached hydrogen (secondary N) is 1. The lowest BCUT2D eigenvalue weighted by Crippen LogP contribution is -2.46. The Balaban J connectivity index is 1.65. The van der Waals surface area contributed by atoms with Gasteiger partial charge in [-0.2, -0.15) is 4.98 Å². The van der Waals surface area contributed by atoms with Gasteiger partial charge in [-0.05, 0) is 73.9 Å². The van der Waals surface area contributed by atoms with Gasteiger partial charge in [-0.1, -0.05) is 53.7 Å². The molecule has 0 amide bonds. The minimum absolute atomic E-state index is 0.236. The maximum Gasteiger partial charge on any atom is 0.258 e. The molecule has 3 aromatic carbocycles. The average molecular weight is 483 g/mol. The largest absolute Gasteiger partial charge is 0.497 e. The van der Waals surface area contributed by atoms with Gasteiger partial charge >= 0.3 is 0 Å². The molecule has 2 heterocycles. The van der Waals surface area contributed by atoms with Crippen LogP contribution in [0.1, 0.15) is 35.5 Å². The Morgan fingerprint density at radius 1 is 0.943 bits per heavy atom. The average Bonchev–Trinajstić information content (AvgIpc) is 3.36. The molecule has 1 aromatic heterocycles. The SMILES string of the molecule is COc1ccc(N2C(=S)NC(c3ccc(C)c(C)c3)C(c3nc(-c4ccccc4)no3)=C2C)cc1. The van der Waals surface area contributed by atoms with Crippen LogP contribution in [0.25, 0.3) is 17.0 Å². The number of rotatable bonds is 5. The van der Waals surface area contributed by atoms with Crippen LogP contribution in [0.15, 0.2) is 83.0 Å². The van der Waals surface area contributed by atoms with Gasteiger partial charge in [0.2, 0.25) is 5.82 Å². The number of ether oxygens (including phenoxy) is 1. The normalized spacial score (nSPS) is 15.8. The number of hydrogen-bond donors (Lipinski definition) is 1. The number of aromatic nitrogens is 2. The van der Waals surface area contributed by atoms with Crippen LogP contribution in [0.4, 0.5) is 5.69 Å². The van der Waals surface area contributed by atoms with Crippen molar-refractivity contribution in [1.82, 2.24) is 15.5 Å². The summed E-state index contributed by atoms with van der Waals surface area (Å²) in [6.07, 6.45) is 0. The number of allylic oxidation sites excluding steroid dienone is 1. The molecule has 0 fully saturated rings. The Bertz CT molecular complexity index is 1410. The summed E-state index contributed by atoms with van der Waals surface area (Å²) in [4.78, 5) is 6.78. The topological polar surface area (TPSA) is 63.4 Å². The molecule has 0 bridgehead atoms. The second-order valence-electron chi connectivity index (χ2n) is 8.55. The maximum atomic E-state index is 5.85. The summed E-state index contributed by atoms with van der Waals surface area (Å²) in [5.74, 6) is 1.78. The van der Waals surface area contributed by atoms with Crippen LogP contribution in [0.2, 0.25) is 0 Å². The first-order valence-electron chi connectivity index (χ1n) is 11.4. The van der Waals surface area contributed by atoms with Crippen molar-refractivity contribution in [1.29, 1.82) is 0 Å². The number of hydrogen-bond acceptors (Lipinski definition) is 5. The lowest BCUT2D eigenvalue weighted by atomic mass is 9.92. The molecule has 0 aliphatic carbocycles. The molecule has 7 heteroatoms. The molecule has 0 radical (unpaired) electrons. The quantitative estimate of drug-likeness (QED) is 0.338. The van der Waals surface area contributed by atoms with E-state index in [4.69, 9.17) is 26.5 Å². The van der Waals surface area contributed by atoms with Crippen molar-refractivity contribution in [3.63, 3.8) is 0 Å². The minimum atomic E-state index is -0.236. The van der Waals surface area contributed by atoms with E-state index < -0.39 is 0 Å². The zero-order valence-corrected chi connectivity index (χ0v) is 20.9. The molecular formula is C28H26N4O2S. The number of nitrogens with zero attached hydrogens (tertiary/aromatic N) is 3. The van der Waals surface area contributed by atoms with Crippen LogP contribution in [-0.2, 0) is 0 Å². The second kappa shape index (κ2) is 9.35. The summed E-state index contributed by atoms with van der Waals surface area (Å²) in [7, 11) is 1.65. The molecule has 4 aromatic rings. The zero-order valence-electron chi connectivity index (χ0n) is 20.1. The summed E-state index contributed by atoms with van der Waals surface area (Å²) >= 11 is 5.85. The Kier molecular flexibility index (Phi) is 6.09. The van der Waals surface area contributed by atoms with Gasteiger partial charge in [0.25, 0.3) is 5.89 Å². The van der Waals surface area contributed by atoms with Gasteiger partial charge in [0, 0.05) is 16.9 Å². The molecule has 1 aliphatic heterocycles. The third-order valence-corrected chi connectivity index (χ3v) is 6.67. The molecule has 0 saturated heterocycles. The molecule has 1 unspecified atom stereocenters. The van der Waals surface area contributed by atoms with Crippen LogP contribution in [0.5, 0.6) is 5.75 Å². The third kappa shape index (κ3) is 4.31. The maximum absolute atomic E-state index is 5.85. The van der Waals surface area contributed by atoms with E-state index in [-0.39, 0.29) is 6.04 Å². The molecule has 1 N–H and O–H groups in total. The third-order valence-electron chi connectivity index (χ3n) is 6.37. The predicted octanol–water partition coefficient (Wildman–Crippen LogP) is 6.23. The number of anilines is 1. The fourth-order valence-electron chi connectivity index (χ4n) is 4.29. The van der Waals surface area contributed by atoms with Crippen LogP contribution >= 0.6 is 12.2 Å².